The molecule has 26 aromatic rings. The van der Waals surface area contributed by atoms with Crippen molar-refractivity contribution in [1.82, 2.24) is 38.2 Å². The molecule has 0 aliphatic heterocycles. The average molecular weight is 1830 g/mol. The number of hydrogen-bond acceptors (Lipinski definition) is 4. The third-order valence-electron chi connectivity index (χ3n) is 28.9. The maximum atomic E-state index is 5.23. The van der Waals surface area contributed by atoms with Crippen LogP contribution in [0, 0.1) is 0 Å². The molecule has 7 heterocycles. The van der Waals surface area contributed by atoms with E-state index in [1.807, 2.05) is 36.8 Å². The Morgan fingerprint density at radius 1 is 0.146 bits per heavy atom. The maximum absolute atomic E-state index is 5.23. The van der Waals surface area contributed by atoms with E-state index in [0.29, 0.717) is 5.95 Å². The molecule has 19 aromatic carbocycles. The van der Waals surface area contributed by atoms with Gasteiger partial charge in [0.15, 0.2) is 0 Å². The first-order valence-corrected chi connectivity index (χ1v) is 49.2. The van der Waals surface area contributed by atoms with Crippen molar-refractivity contribution in [3.63, 3.8) is 0 Å². The lowest BCUT2D eigenvalue weighted by molar-refractivity contribution is 0.968. The predicted octanol–water partition coefficient (Wildman–Crippen LogP) is 35.4. The second-order valence-corrected chi connectivity index (χ2v) is 36.8. The monoisotopic (exact) mass is 1830 g/mol. The quantitative estimate of drug-likeness (QED) is 0.137. The molecule has 0 unspecified atom stereocenters. The Morgan fingerprint density at radius 2 is 0.389 bits per heavy atom. The Morgan fingerprint density at radius 3 is 0.743 bits per heavy atom. The summed E-state index contributed by atoms with van der Waals surface area (Å²) in [5, 5.41) is 5.08. The summed E-state index contributed by atoms with van der Waals surface area (Å²) >= 11 is 0. The Bertz CT molecular complexity index is 8920. The van der Waals surface area contributed by atoms with Crippen molar-refractivity contribution < 1.29 is 0 Å². The van der Waals surface area contributed by atoms with E-state index in [9.17, 15) is 0 Å². The minimum absolute atomic E-state index is 0.677. The Kier molecular flexibility index (Phi) is 20.8. The summed E-state index contributed by atoms with van der Waals surface area (Å²) in [6.45, 7) is 0. The van der Waals surface area contributed by atoms with Crippen LogP contribution in [0.2, 0.25) is 0 Å². The molecular weight excluding hydrogens is 1750 g/mol. The minimum Gasteiger partial charge on any atom is -0.309 e. The van der Waals surface area contributed by atoms with Crippen molar-refractivity contribution in [3.8, 4) is 224 Å². The summed E-state index contributed by atoms with van der Waals surface area (Å²) in [7, 11) is 0. The van der Waals surface area contributed by atoms with Crippen LogP contribution >= 0.6 is 0 Å². The van der Waals surface area contributed by atoms with Crippen LogP contribution in [0.4, 0.5) is 0 Å². The van der Waals surface area contributed by atoms with Gasteiger partial charge in [0.05, 0.1) is 50.5 Å². The third-order valence-corrected chi connectivity index (χ3v) is 28.9. The molecule has 0 N–H and O–H groups in total. The Hall–Kier alpha value is -19.3. The third kappa shape index (κ3) is 14.0. The van der Waals surface area contributed by atoms with Gasteiger partial charge in [0.2, 0.25) is 5.95 Å². The fourth-order valence-electron chi connectivity index (χ4n) is 23.0. The molecule has 672 valence electrons. The number of aromatic nitrogens is 8. The zero-order chi connectivity index (χ0) is 95.1. The fraction of sp³-hybridized carbons (Fsp3) is 0. The molecule has 0 atom stereocenters. The maximum Gasteiger partial charge on any atom is 0.234 e. The standard InChI is InChI=1S/C38H25N.C37H24N2.C31H20N2.C30H19N3/c1-3-13-26(14-4-1)28-17-11-18-29(25-28)39-35-24-12-23-33-31-20-8-7-19-30(31)32-21-9-10-22-34(32)37(36(33)35)38(39)27-15-5-2-6-16-27;1-3-13-25(14-4-1)32-22-12-24-34(38-32)39-33-23-11-21-30-28-18-8-7-17-27(28)29-19-9-10-20-31(29)36(35(30)33)37(39)26-15-5-2-6-16-26;1-2-11-21(12-3-1)31-30-26-16-7-6-15-24(26)22-13-4-5-14-23(22)25-17-10-18-27(29(25)30)33(31)28-19-8-9-20-32-28;1-2-10-20(11-3-1)29-28-25-15-7-6-14-23(25)21-12-4-5-13-22(21)24-16-8-17-26(27(24)28)33(29)30-31-18-9-19-32-30/h1-25H;1-24H;1-20H;1-19H. The molecule has 4 aliphatic rings. The van der Waals surface area contributed by atoms with Crippen LogP contribution in [0.15, 0.2) is 534 Å². The highest BCUT2D eigenvalue weighted by Gasteiger charge is 2.36. The summed E-state index contributed by atoms with van der Waals surface area (Å²) in [5.41, 5.74) is 50.0. The highest BCUT2D eigenvalue weighted by atomic mass is 15.2. The first kappa shape index (κ1) is 84.0. The molecule has 4 aliphatic carbocycles. The van der Waals surface area contributed by atoms with Crippen molar-refractivity contribution in [2.75, 3.05) is 0 Å². The van der Waals surface area contributed by atoms with E-state index in [4.69, 9.17) is 9.97 Å². The van der Waals surface area contributed by atoms with Gasteiger partial charge < -0.3 is 4.57 Å². The lowest BCUT2D eigenvalue weighted by Crippen LogP contribution is -2.02. The molecule has 8 nitrogen and oxygen atoms in total. The Balaban J connectivity index is 0.0000000959. The highest BCUT2D eigenvalue weighted by Crippen LogP contribution is 2.59. The molecule has 0 bridgehead atoms. The predicted molar refractivity (Wildman–Crippen MR) is 596 cm³/mol. The van der Waals surface area contributed by atoms with E-state index in [1.54, 1.807) is 0 Å². The number of fused-ring (bicyclic) bond motifs is 20. The first-order chi connectivity index (χ1) is 71.6. The van der Waals surface area contributed by atoms with E-state index in [0.717, 1.165) is 56.6 Å². The van der Waals surface area contributed by atoms with Crippen molar-refractivity contribution in [2.24, 2.45) is 0 Å². The summed E-state index contributed by atoms with van der Waals surface area (Å²) in [6.07, 6.45) is 5.48. The van der Waals surface area contributed by atoms with Crippen LogP contribution in [-0.4, -0.2) is 38.2 Å². The number of rotatable bonds is 10. The fourth-order valence-corrected chi connectivity index (χ4v) is 23.0. The summed E-state index contributed by atoms with van der Waals surface area (Å²) < 4.78 is 9.38. The summed E-state index contributed by atoms with van der Waals surface area (Å²) in [4.78, 5) is 19.3. The zero-order valence-corrected chi connectivity index (χ0v) is 78.4. The van der Waals surface area contributed by atoms with Crippen LogP contribution in [0.1, 0.15) is 0 Å². The van der Waals surface area contributed by atoms with Crippen molar-refractivity contribution in [3.05, 3.63) is 534 Å². The minimum atomic E-state index is 0.677. The zero-order valence-electron chi connectivity index (χ0n) is 78.4. The van der Waals surface area contributed by atoms with Crippen LogP contribution in [-0.2, 0) is 0 Å². The topological polar surface area (TPSA) is 71.3 Å². The van der Waals surface area contributed by atoms with Gasteiger partial charge in [0, 0.05) is 73.6 Å². The lowest BCUT2D eigenvalue weighted by atomic mass is 9.93. The van der Waals surface area contributed by atoms with Gasteiger partial charge in [-0.3, -0.25) is 13.7 Å². The van der Waals surface area contributed by atoms with Crippen LogP contribution in [0.25, 0.3) is 268 Å². The van der Waals surface area contributed by atoms with Gasteiger partial charge in [-0.1, -0.05) is 449 Å². The van der Waals surface area contributed by atoms with Gasteiger partial charge in [-0.25, -0.2) is 19.9 Å². The molecular formula is C136H88N8. The van der Waals surface area contributed by atoms with E-state index in [1.165, 1.54) is 205 Å². The first-order valence-electron chi connectivity index (χ1n) is 49.2. The smallest absolute Gasteiger partial charge is 0.234 e. The largest absolute Gasteiger partial charge is 0.309 e. The van der Waals surface area contributed by atoms with E-state index < -0.39 is 0 Å². The molecule has 144 heavy (non-hydrogen) atoms. The number of hydrogen-bond donors (Lipinski definition) is 0. The van der Waals surface area contributed by atoms with E-state index in [2.05, 4.69) is 526 Å². The van der Waals surface area contributed by atoms with Crippen molar-refractivity contribution >= 4 is 43.6 Å². The lowest BCUT2D eigenvalue weighted by Gasteiger charge is -2.16. The number of benzene rings is 19. The Labute approximate surface area is 834 Å². The molecule has 7 aromatic heterocycles. The second-order valence-electron chi connectivity index (χ2n) is 36.8. The molecule has 0 saturated carbocycles. The van der Waals surface area contributed by atoms with E-state index in [-0.39, 0.29) is 0 Å². The molecule has 0 saturated heterocycles. The normalized spacial score (nSPS) is 11.6. The van der Waals surface area contributed by atoms with Gasteiger partial charge >= 0.3 is 0 Å². The van der Waals surface area contributed by atoms with E-state index >= 15 is 0 Å². The number of nitrogens with zero attached hydrogens (tertiary/aromatic N) is 8. The van der Waals surface area contributed by atoms with Gasteiger partial charge in [-0.15, -0.1) is 0 Å². The molecule has 30 rings (SSSR count). The van der Waals surface area contributed by atoms with Gasteiger partial charge in [0.1, 0.15) is 11.6 Å². The van der Waals surface area contributed by atoms with Crippen LogP contribution < -0.4 is 0 Å². The SMILES string of the molecule is c1ccc(-c2c3c4c(cccc4n2-c2ccccn2)-c2ccccc2-c2ccccc2-3)cc1.c1ccc(-c2c3c4c(cccc4n2-c2ncccn2)-c2ccccc2-c2ccccc2-3)cc1.c1ccc(-c2cccc(-n3c(-c4ccccc4)c4c5c(cccc53)-c3ccccc3-c3ccccc3-4)c2)cc1.c1ccc(-c2cccc(-n3c(-c4ccccc4)c4c5c(cccc53)-c3ccccc3-c3ccccc3-4)n2)cc1. The number of pyridine rings is 2. The highest BCUT2D eigenvalue weighted by molar-refractivity contribution is 6.23. The average Bonchev–Trinajstić information content (AvgIpc) is 1.57. The second kappa shape index (κ2) is 35.6. The molecule has 0 amide bonds. The van der Waals surface area contributed by atoms with Crippen molar-refractivity contribution in [2.45, 2.75) is 0 Å². The molecule has 0 fully saturated rings. The van der Waals surface area contributed by atoms with Gasteiger partial charge in [-0.2, -0.15) is 0 Å². The summed E-state index contributed by atoms with van der Waals surface area (Å²) in [5.74, 6) is 2.52. The van der Waals surface area contributed by atoms with Gasteiger partial charge in [0.25, 0.3) is 0 Å². The molecule has 8 heteroatoms. The molecule has 0 radical (unpaired) electrons. The summed E-state index contributed by atoms with van der Waals surface area (Å²) in [6, 6.07) is 184. The van der Waals surface area contributed by atoms with Gasteiger partial charge in [-0.05, 0) is 211 Å². The van der Waals surface area contributed by atoms with Crippen LogP contribution in [0.3, 0.4) is 0 Å². The van der Waals surface area contributed by atoms with Crippen LogP contribution in [0.5, 0.6) is 0 Å². The van der Waals surface area contributed by atoms with Crippen molar-refractivity contribution in [1.29, 1.82) is 0 Å². The molecule has 0 spiro atoms.